The summed E-state index contributed by atoms with van der Waals surface area (Å²) in [6.45, 7) is 5.95. The predicted octanol–water partition coefficient (Wildman–Crippen LogP) is 2.96. The van der Waals surface area contributed by atoms with Crippen molar-refractivity contribution in [1.82, 2.24) is 14.3 Å². The third-order valence-corrected chi connectivity index (χ3v) is 5.95. The molecule has 148 valence electrons. The summed E-state index contributed by atoms with van der Waals surface area (Å²) in [5.41, 5.74) is 1.86. The van der Waals surface area contributed by atoms with E-state index in [2.05, 4.69) is 16.5 Å². The Balaban J connectivity index is 1.85. The van der Waals surface area contributed by atoms with E-state index in [9.17, 15) is 14.9 Å². The lowest BCUT2D eigenvalue weighted by atomic mass is 9.98. The minimum atomic E-state index is -0.300. The highest BCUT2D eigenvalue weighted by Gasteiger charge is 2.40. The van der Waals surface area contributed by atoms with Gasteiger partial charge in [-0.15, -0.1) is 0 Å². The number of fused-ring (bicyclic) bond motifs is 1. The van der Waals surface area contributed by atoms with Crippen LogP contribution in [0.4, 0.5) is 5.82 Å². The van der Waals surface area contributed by atoms with Gasteiger partial charge in [0.2, 0.25) is 0 Å². The number of aromatic nitrogens is 3. The standard InChI is InChI=1S/C22H23N5O2/c1-13-15(11-23)6-5-7-16(13)14(2)24-20-18-12-27(22(3)8-9-22)19(28)10-17(18)21(29)26(4)25-20/h5-7,10,12,14H,8-9H2,1-4H3,(H,24,25)/t14-/m1/s1. The first-order valence-corrected chi connectivity index (χ1v) is 9.65. The molecule has 2 aromatic heterocycles. The first kappa shape index (κ1) is 18.9. The van der Waals surface area contributed by atoms with Gasteiger partial charge >= 0.3 is 0 Å². The van der Waals surface area contributed by atoms with Crippen LogP contribution in [-0.2, 0) is 12.6 Å². The van der Waals surface area contributed by atoms with Gasteiger partial charge < -0.3 is 9.88 Å². The summed E-state index contributed by atoms with van der Waals surface area (Å²) in [7, 11) is 1.58. The fraction of sp³-hybridized carbons (Fsp3) is 0.364. The van der Waals surface area contributed by atoms with E-state index in [1.165, 1.54) is 10.7 Å². The van der Waals surface area contributed by atoms with Gasteiger partial charge in [0, 0.05) is 30.2 Å². The largest absolute Gasteiger partial charge is 0.362 e. The summed E-state index contributed by atoms with van der Waals surface area (Å²) < 4.78 is 2.96. The van der Waals surface area contributed by atoms with Crippen molar-refractivity contribution in [3.8, 4) is 6.07 Å². The zero-order valence-corrected chi connectivity index (χ0v) is 17.0. The Kier molecular flexibility index (Phi) is 4.30. The maximum Gasteiger partial charge on any atom is 0.274 e. The van der Waals surface area contributed by atoms with Crippen LogP contribution >= 0.6 is 0 Å². The van der Waals surface area contributed by atoms with Crippen molar-refractivity contribution in [2.75, 3.05) is 5.32 Å². The molecule has 7 nitrogen and oxygen atoms in total. The molecule has 4 rings (SSSR count). The van der Waals surface area contributed by atoms with Crippen LogP contribution in [0.3, 0.4) is 0 Å². The molecule has 0 radical (unpaired) electrons. The lowest BCUT2D eigenvalue weighted by Gasteiger charge is -2.20. The number of nitrogens with zero attached hydrogens (tertiary/aromatic N) is 4. The normalized spacial score (nSPS) is 15.7. The third kappa shape index (κ3) is 3.11. The number of benzene rings is 1. The summed E-state index contributed by atoms with van der Waals surface area (Å²) in [6, 6.07) is 9.10. The average molecular weight is 389 g/mol. The first-order valence-electron chi connectivity index (χ1n) is 9.65. The smallest absolute Gasteiger partial charge is 0.274 e. The Morgan fingerprint density at radius 2 is 2.00 bits per heavy atom. The van der Waals surface area contributed by atoms with E-state index in [1.54, 1.807) is 23.9 Å². The quantitative estimate of drug-likeness (QED) is 0.741. The molecule has 0 bridgehead atoms. The number of hydrogen-bond donors (Lipinski definition) is 1. The molecule has 3 aromatic rings. The number of aryl methyl sites for hydroxylation is 1. The Bertz CT molecular complexity index is 1290. The second-order valence-electron chi connectivity index (χ2n) is 8.08. The number of nitriles is 1. The van der Waals surface area contributed by atoms with Crippen LogP contribution in [0, 0.1) is 18.3 Å². The van der Waals surface area contributed by atoms with Gasteiger partial charge in [0.25, 0.3) is 11.1 Å². The van der Waals surface area contributed by atoms with Crippen LogP contribution < -0.4 is 16.4 Å². The Labute approximate surface area is 168 Å². The molecule has 1 atom stereocenters. The summed E-state index contributed by atoms with van der Waals surface area (Å²) in [6.07, 6.45) is 3.64. The average Bonchev–Trinajstić information content (AvgIpc) is 3.44. The zero-order chi connectivity index (χ0) is 20.9. The predicted molar refractivity (Wildman–Crippen MR) is 112 cm³/mol. The molecule has 1 saturated carbocycles. The number of hydrogen-bond acceptors (Lipinski definition) is 5. The van der Waals surface area contributed by atoms with Crippen molar-refractivity contribution in [2.24, 2.45) is 7.05 Å². The number of rotatable bonds is 4. The fourth-order valence-electron chi connectivity index (χ4n) is 3.80. The van der Waals surface area contributed by atoms with Crippen molar-refractivity contribution in [2.45, 2.75) is 45.2 Å². The number of pyridine rings is 1. The molecule has 1 fully saturated rings. The lowest BCUT2D eigenvalue weighted by molar-refractivity contribution is 0.516. The summed E-state index contributed by atoms with van der Waals surface area (Å²) >= 11 is 0. The molecule has 1 N–H and O–H groups in total. The first-order chi connectivity index (χ1) is 13.7. The maximum atomic E-state index is 12.6. The Morgan fingerprint density at radius 3 is 2.66 bits per heavy atom. The van der Waals surface area contributed by atoms with E-state index in [4.69, 9.17) is 0 Å². The van der Waals surface area contributed by atoms with Gasteiger partial charge in [-0.3, -0.25) is 9.59 Å². The number of anilines is 1. The van der Waals surface area contributed by atoms with Crippen LogP contribution in [0.1, 0.15) is 49.4 Å². The molecule has 0 spiro atoms. The zero-order valence-electron chi connectivity index (χ0n) is 17.0. The second-order valence-corrected chi connectivity index (χ2v) is 8.08. The van der Waals surface area contributed by atoms with Crippen LogP contribution in [-0.4, -0.2) is 14.3 Å². The second kappa shape index (κ2) is 6.59. The van der Waals surface area contributed by atoms with E-state index >= 15 is 0 Å². The molecule has 29 heavy (non-hydrogen) atoms. The molecule has 0 aliphatic heterocycles. The van der Waals surface area contributed by atoms with Gasteiger partial charge in [-0.2, -0.15) is 10.4 Å². The highest BCUT2D eigenvalue weighted by molar-refractivity contribution is 5.90. The van der Waals surface area contributed by atoms with Gasteiger partial charge in [0.1, 0.15) is 0 Å². The van der Waals surface area contributed by atoms with Gasteiger partial charge in [-0.25, -0.2) is 4.68 Å². The lowest BCUT2D eigenvalue weighted by Crippen LogP contribution is -2.30. The van der Waals surface area contributed by atoms with Crippen LogP contribution in [0.2, 0.25) is 0 Å². The molecule has 0 saturated heterocycles. The van der Waals surface area contributed by atoms with Crippen molar-refractivity contribution in [3.63, 3.8) is 0 Å². The molecular formula is C22H23N5O2. The topological polar surface area (TPSA) is 92.7 Å². The van der Waals surface area contributed by atoms with E-state index in [1.807, 2.05) is 32.9 Å². The van der Waals surface area contributed by atoms with Crippen LogP contribution in [0.5, 0.6) is 0 Å². The molecule has 7 heteroatoms. The molecule has 1 aromatic carbocycles. The monoisotopic (exact) mass is 389 g/mol. The highest BCUT2D eigenvalue weighted by Crippen LogP contribution is 2.42. The van der Waals surface area contributed by atoms with Crippen LogP contribution in [0.15, 0.2) is 40.1 Å². The van der Waals surface area contributed by atoms with Crippen molar-refractivity contribution in [3.05, 3.63) is 67.9 Å². The summed E-state index contributed by atoms with van der Waals surface area (Å²) in [5, 5.41) is 18.1. The maximum absolute atomic E-state index is 12.6. The van der Waals surface area contributed by atoms with Gasteiger partial charge in [0.05, 0.1) is 23.1 Å². The van der Waals surface area contributed by atoms with Crippen molar-refractivity contribution in [1.29, 1.82) is 5.26 Å². The van der Waals surface area contributed by atoms with E-state index in [0.717, 1.165) is 24.0 Å². The molecule has 0 unspecified atom stereocenters. The molecule has 2 heterocycles. The van der Waals surface area contributed by atoms with Gasteiger partial charge in [0.15, 0.2) is 5.82 Å². The molecule has 1 aliphatic carbocycles. The van der Waals surface area contributed by atoms with E-state index in [-0.39, 0.29) is 22.7 Å². The van der Waals surface area contributed by atoms with E-state index < -0.39 is 0 Å². The Hall–Kier alpha value is -3.40. The number of nitrogens with one attached hydrogen (secondary N) is 1. The van der Waals surface area contributed by atoms with Crippen molar-refractivity contribution < 1.29 is 0 Å². The summed E-state index contributed by atoms with van der Waals surface area (Å²) in [5.74, 6) is 0.536. The van der Waals surface area contributed by atoms with Gasteiger partial charge in [-0.05, 0) is 50.8 Å². The van der Waals surface area contributed by atoms with Gasteiger partial charge in [-0.1, -0.05) is 12.1 Å². The van der Waals surface area contributed by atoms with Crippen molar-refractivity contribution >= 4 is 16.6 Å². The molecule has 0 amide bonds. The minimum Gasteiger partial charge on any atom is -0.362 e. The minimum absolute atomic E-state index is 0.145. The van der Waals surface area contributed by atoms with Crippen LogP contribution in [0.25, 0.3) is 10.8 Å². The highest BCUT2D eigenvalue weighted by atomic mass is 16.1. The molecule has 1 aliphatic rings. The SMILES string of the molecule is Cc1c(C#N)cccc1[C@@H](C)Nc1nn(C)c(=O)c2cc(=O)n(C3(C)CC3)cc12. The Morgan fingerprint density at radius 1 is 1.28 bits per heavy atom. The fourth-order valence-corrected chi connectivity index (χ4v) is 3.80. The summed E-state index contributed by atoms with van der Waals surface area (Å²) in [4.78, 5) is 25.2. The third-order valence-electron chi connectivity index (χ3n) is 5.95. The van der Waals surface area contributed by atoms with E-state index in [0.29, 0.717) is 22.2 Å². The molecular weight excluding hydrogens is 366 g/mol.